The van der Waals surface area contributed by atoms with Crippen LogP contribution >= 0.6 is 0 Å². The Labute approximate surface area is 331 Å². The van der Waals surface area contributed by atoms with Crippen LogP contribution in [0.3, 0.4) is 0 Å². The van der Waals surface area contributed by atoms with Crippen LogP contribution < -0.4 is 14.4 Å². The zero-order chi connectivity index (χ0) is 39.8. The molecule has 0 N–H and O–H groups in total. The van der Waals surface area contributed by atoms with Crippen molar-refractivity contribution in [2.75, 3.05) is 4.90 Å². The summed E-state index contributed by atoms with van der Waals surface area (Å²) in [6.07, 6.45) is 5.71. The van der Waals surface area contributed by atoms with Crippen LogP contribution in [0.4, 0.5) is 17.1 Å². The number of nitrogens with zero attached hydrogens (tertiary/aromatic N) is 1. The molecule has 0 aromatic heterocycles. The number of ether oxygens (including phenoxy) is 2. The lowest BCUT2D eigenvalue weighted by atomic mass is 9.89. The third-order valence-corrected chi connectivity index (χ3v) is 10.6. The topological polar surface area (TPSA) is 55.8 Å². The highest BCUT2D eigenvalue weighted by Crippen LogP contribution is 2.38. The fourth-order valence-electron chi connectivity index (χ4n) is 6.83. The highest BCUT2D eigenvalue weighted by molar-refractivity contribution is 5.84. The summed E-state index contributed by atoms with van der Waals surface area (Å²) in [7, 11) is 0. The first kappa shape index (κ1) is 39.2. The van der Waals surface area contributed by atoms with Crippen LogP contribution in [0.15, 0.2) is 147 Å². The van der Waals surface area contributed by atoms with Crippen LogP contribution in [-0.2, 0) is 35.3 Å². The van der Waals surface area contributed by atoms with Gasteiger partial charge in [0.15, 0.2) is 0 Å². The Bertz CT molecular complexity index is 2230. The van der Waals surface area contributed by atoms with Gasteiger partial charge in [0.2, 0.25) is 0 Å². The molecular formula is C51H49NO4. The van der Waals surface area contributed by atoms with Crippen molar-refractivity contribution >= 4 is 29.0 Å². The Morgan fingerprint density at radius 1 is 0.482 bits per heavy atom. The summed E-state index contributed by atoms with van der Waals surface area (Å²) in [5.74, 6) is 0.0631. The molecule has 0 saturated heterocycles. The van der Waals surface area contributed by atoms with Crippen molar-refractivity contribution in [2.45, 2.75) is 60.3 Å². The first-order chi connectivity index (χ1) is 27.0. The summed E-state index contributed by atoms with van der Waals surface area (Å²) in [5, 5.41) is 0. The van der Waals surface area contributed by atoms with Gasteiger partial charge in [0.25, 0.3) is 0 Å². The first-order valence-corrected chi connectivity index (χ1v) is 19.0. The van der Waals surface area contributed by atoms with E-state index in [9.17, 15) is 9.59 Å². The van der Waals surface area contributed by atoms with Gasteiger partial charge in [-0.15, -0.1) is 0 Å². The second-order valence-corrected chi connectivity index (χ2v) is 14.4. The van der Waals surface area contributed by atoms with Crippen molar-refractivity contribution in [3.63, 3.8) is 0 Å². The molecule has 56 heavy (non-hydrogen) atoms. The average molecular weight is 740 g/mol. The Hall–Kier alpha value is -6.46. The largest absolute Gasteiger partial charge is 0.423 e. The van der Waals surface area contributed by atoms with E-state index in [4.69, 9.17) is 9.47 Å². The molecule has 0 amide bonds. The molecule has 0 heterocycles. The summed E-state index contributed by atoms with van der Waals surface area (Å²) >= 11 is 0. The molecule has 5 nitrogen and oxygen atoms in total. The van der Waals surface area contributed by atoms with Gasteiger partial charge in [-0.25, -0.2) is 9.59 Å². The molecule has 0 fully saturated rings. The van der Waals surface area contributed by atoms with Gasteiger partial charge < -0.3 is 14.4 Å². The summed E-state index contributed by atoms with van der Waals surface area (Å²) in [4.78, 5) is 25.7. The fourth-order valence-corrected chi connectivity index (χ4v) is 6.83. The lowest BCUT2D eigenvalue weighted by Gasteiger charge is -2.27. The molecule has 6 aromatic carbocycles. The summed E-state index contributed by atoms with van der Waals surface area (Å²) < 4.78 is 10.6. The van der Waals surface area contributed by atoms with Crippen molar-refractivity contribution < 1.29 is 19.1 Å². The number of hydrogen-bond donors (Lipinski definition) is 0. The Morgan fingerprint density at radius 3 is 1.29 bits per heavy atom. The van der Waals surface area contributed by atoms with E-state index in [1.54, 1.807) is 0 Å². The second kappa shape index (κ2) is 17.8. The van der Waals surface area contributed by atoms with E-state index in [-0.39, 0.29) is 0 Å². The smallest absolute Gasteiger partial charge is 0.335 e. The van der Waals surface area contributed by atoms with Gasteiger partial charge in [0, 0.05) is 29.2 Å². The maximum absolute atomic E-state index is 11.7. The molecule has 0 aliphatic heterocycles. The molecule has 0 aliphatic rings. The summed E-state index contributed by atoms with van der Waals surface area (Å²) in [5.41, 5.74) is 16.9. The Morgan fingerprint density at radius 2 is 0.893 bits per heavy atom. The normalized spacial score (nSPS) is 10.8. The van der Waals surface area contributed by atoms with Crippen LogP contribution in [0.25, 0.3) is 11.1 Å². The number of hydrogen-bond acceptors (Lipinski definition) is 5. The van der Waals surface area contributed by atoms with Crippen LogP contribution in [0.5, 0.6) is 11.5 Å². The maximum Gasteiger partial charge on any atom is 0.335 e. The van der Waals surface area contributed by atoms with Crippen molar-refractivity contribution in [3.8, 4) is 22.6 Å². The SMILES string of the molecule is C=CC(=O)Oc1ccc(CCc2cc(-c3ccc(N(c4ccc(C)c(C)c4)c4ccc(C)c(C)c4)cc3)cc(CCc3ccc(OC(=O)C=C)cc3)c2C)cc1. The Balaban J connectivity index is 1.32. The second-order valence-electron chi connectivity index (χ2n) is 14.4. The number of carbonyl (C=O) groups is 2. The molecule has 0 aliphatic carbocycles. The average Bonchev–Trinajstić information content (AvgIpc) is 3.21. The molecule has 0 saturated carbocycles. The molecule has 282 valence electrons. The van der Waals surface area contributed by atoms with E-state index in [1.807, 2.05) is 48.5 Å². The predicted molar refractivity (Wildman–Crippen MR) is 230 cm³/mol. The summed E-state index contributed by atoms with van der Waals surface area (Å²) in [6, 6.07) is 42.3. The lowest BCUT2D eigenvalue weighted by Crippen LogP contribution is -2.10. The molecule has 5 heteroatoms. The van der Waals surface area contributed by atoms with Gasteiger partial charge in [0.05, 0.1) is 0 Å². The molecule has 0 unspecified atom stereocenters. The van der Waals surface area contributed by atoms with Crippen molar-refractivity contribution in [2.24, 2.45) is 0 Å². The van der Waals surface area contributed by atoms with Gasteiger partial charge in [-0.3, -0.25) is 0 Å². The molecular weight excluding hydrogens is 691 g/mol. The standard InChI is InChI=1S/C51H49NO4/c1-8-50(53)55-48-26-14-39(15-27-48)12-18-42-32-44(33-43(38(42)7)19-13-40-16-28-49(29-17-40)56-51(54)9-2)41-20-24-45(25-21-41)52(46-22-10-34(3)36(5)30-46)47-23-11-35(4)37(6)31-47/h8-11,14-17,20-33H,1-2,12-13,18-19H2,3-7H3. The summed E-state index contributed by atoms with van der Waals surface area (Å²) in [6.45, 7) is 17.8. The molecule has 6 rings (SSSR count). The number of benzene rings is 6. The number of esters is 2. The molecule has 0 atom stereocenters. The minimum absolute atomic E-state index is 0.471. The quantitative estimate of drug-likeness (QED) is 0.0632. The van der Waals surface area contributed by atoms with Crippen LogP contribution in [0.1, 0.15) is 50.1 Å². The minimum Gasteiger partial charge on any atom is -0.423 e. The minimum atomic E-state index is -0.471. The highest BCUT2D eigenvalue weighted by Gasteiger charge is 2.16. The number of rotatable bonds is 14. The molecule has 0 radical (unpaired) electrons. The first-order valence-electron chi connectivity index (χ1n) is 19.0. The maximum atomic E-state index is 11.7. The van der Waals surface area contributed by atoms with Gasteiger partial charge in [0.1, 0.15) is 11.5 Å². The van der Waals surface area contributed by atoms with E-state index >= 15 is 0 Å². The highest BCUT2D eigenvalue weighted by atomic mass is 16.5. The van der Waals surface area contributed by atoms with Crippen molar-refractivity contribution in [1.29, 1.82) is 0 Å². The zero-order valence-corrected chi connectivity index (χ0v) is 33.0. The predicted octanol–water partition coefficient (Wildman–Crippen LogP) is 12.1. The Kier molecular flexibility index (Phi) is 12.5. The van der Waals surface area contributed by atoms with Gasteiger partial charge >= 0.3 is 11.9 Å². The molecule has 6 aromatic rings. The van der Waals surface area contributed by atoms with Gasteiger partial charge in [-0.05, 0) is 182 Å². The monoisotopic (exact) mass is 739 g/mol. The van der Waals surface area contributed by atoms with E-state index in [0.29, 0.717) is 11.5 Å². The zero-order valence-electron chi connectivity index (χ0n) is 33.0. The number of aryl methyl sites for hydroxylation is 8. The van der Waals surface area contributed by atoms with E-state index in [0.717, 1.165) is 71.6 Å². The van der Waals surface area contributed by atoms with E-state index in [2.05, 4.69) is 125 Å². The van der Waals surface area contributed by atoms with Gasteiger partial charge in [-0.1, -0.05) is 73.8 Å². The lowest BCUT2D eigenvalue weighted by molar-refractivity contribution is -0.129. The van der Waals surface area contributed by atoms with E-state index < -0.39 is 11.9 Å². The number of anilines is 3. The van der Waals surface area contributed by atoms with Crippen LogP contribution in [-0.4, -0.2) is 11.9 Å². The fraction of sp³-hybridized carbons (Fsp3) is 0.176. The number of carbonyl (C=O) groups excluding carboxylic acids is 2. The van der Waals surface area contributed by atoms with Crippen molar-refractivity contribution in [1.82, 2.24) is 0 Å². The van der Waals surface area contributed by atoms with E-state index in [1.165, 1.54) is 44.5 Å². The third-order valence-electron chi connectivity index (χ3n) is 10.6. The van der Waals surface area contributed by atoms with Crippen molar-refractivity contribution in [3.05, 3.63) is 197 Å². The van der Waals surface area contributed by atoms with Gasteiger partial charge in [-0.2, -0.15) is 0 Å². The molecule has 0 spiro atoms. The molecule has 0 bridgehead atoms. The van der Waals surface area contributed by atoms with Crippen LogP contribution in [0, 0.1) is 34.6 Å². The van der Waals surface area contributed by atoms with Crippen LogP contribution in [0.2, 0.25) is 0 Å². The third kappa shape index (κ3) is 9.60.